The summed E-state index contributed by atoms with van der Waals surface area (Å²) < 4.78 is 0. The van der Waals surface area contributed by atoms with Gasteiger partial charge in [0, 0.05) is 5.71 Å². The molecule has 120 valence electrons. The monoisotopic (exact) mass is 363 g/mol. The zero-order valence-electron chi connectivity index (χ0n) is 12.3. The number of aromatic amines is 1. The first-order valence-electron chi connectivity index (χ1n) is 7.06. The lowest BCUT2D eigenvalue weighted by Crippen LogP contribution is -2.32. The summed E-state index contributed by atoms with van der Waals surface area (Å²) in [7, 11) is 0. The first-order valence-corrected chi connectivity index (χ1v) is 8.19. The molecule has 1 saturated carbocycles. The largest absolute Gasteiger partial charge is 0.396 e. The predicted molar refractivity (Wildman–Crippen MR) is 89.5 cm³/mol. The molecule has 1 aromatic heterocycles. The van der Waals surface area contributed by atoms with E-state index in [4.69, 9.17) is 40.5 Å². The number of aromatic nitrogens is 1. The SMILES string of the molecule is C[C@@H]1CCC[C@H](C)C1=NNC(=O)c1[nH+]c(Cl)c(Cl)c(N)c1Cl. The Morgan fingerprint density at radius 2 is 1.82 bits per heavy atom. The summed E-state index contributed by atoms with van der Waals surface area (Å²) in [5.41, 5.74) is 9.33. The van der Waals surface area contributed by atoms with Gasteiger partial charge in [-0.2, -0.15) is 10.1 Å². The Kier molecular flexibility index (Phi) is 5.53. The molecule has 22 heavy (non-hydrogen) atoms. The number of H-pyrrole nitrogens is 1. The van der Waals surface area contributed by atoms with Crippen LogP contribution >= 0.6 is 34.8 Å². The molecule has 0 spiro atoms. The van der Waals surface area contributed by atoms with E-state index in [2.05, 4.69) is 29.4 Å². The lowest BCUT2D eigenvalue weighted by molar-refractivity contribution is -0.379. The Bertz CT molecular complexity index is 621. The Morgan fingerprint density at radius 1 is 1.23 bits per heavy atom. The second-order valence-electron chi connectivity index (χ2n) is 5.57. The molecule has 0 radical (unpaired) electrons. The highest BCUT2D eigenvalue weighted by atomic mass is 35.5. The molecule has 0 bridgehead atoms. The first kappa shape index (κ1) is 17.3. The van der Waals surface area contributed by atoms with Crippen molar-refractivity contribution in [1.29, 1.82) is 0 Å². The van der Waals surface area contributed by atoms with Gasteiger partial charge in [-0.15, -0.1) is 0 Å². The zero-order chi connectivity index (χ0) is 16.4. The van der Waals surface area contributed by atoms with Crippen LogP contribution in [-0.2, 0) is 0 Å². The van der Waals surface area contributed by atoms with Crippen molar-refractivity contribution >= 4 is 52.1 Å². The molecule has 1 aliphatic rings. The minimum Gasteiger partial charge on any atom is -0.396 e. The van der Waals surface area contributed by atoms with E-state index in [-0.39, 0.29) is 26.6 Å². The quantitative estimate of drug-likeness (QED) is 0.621. The predicted octanol–water partition coefficient (Wildman–Crippen LogP) is 3.59. The summed E-state index contributed by atoms with van der Waals surface area (Å²) in [6.45, 7) is 4.22. The fraction of sp³-hybridized carbons (Fsp3) is 0.500. The lowest BCUT2D eigenvalue weighted by atomic mass is 9.81. The number of hydrogen-bond acceptors (Lipinski definition) is 3. The number of hydrazone groups is 1. The molecule has 0 unspecified atom stereocenters. The van der Waals surface area contributed by atoms with E-state index >= 15 is 0 Å². The van der Waals surface area contributed by atoms with Crippen molar-refractivity contribution in [2.45, 2.75) is 33.1 Å². The first-order chi connectivity index (χ1) is 10.3. The van der Waals surface area contributed by atoms with E-state index in [1.807, 2.05) is 0 Å². The number of anilines is 1. The van der Waals surface area contributed by atoms with E-state index in [1.165, 1.54) is 6.42 Å². The van der Waals surface area contributed by atoms with E-state index in [0.29, 0.717) is 11.8 Å². The van der Waals surface area contributed by atoms with Gasteiger partial charge in [-0.3, -0.25) is 4.79 Å². The van der Waals surface area contributed by atoms with Crippen molar-refractivity contribution in [3.8, 4) is 0 Å². The van der Waals surface area contributed by atoms with Crippen molar-refractivity contribution in [2.24, 2.45) is 16.9 Å². The number of carbonyl (C=O) groups excluding carboxylic acids is 1. The Balaban J connectivity index is 2.23. The van der Waals surface area contributed by atoms with E-state index < -0.39 is 5.91 Å². The molecule has 1 fully saturated rings. The molecule has 0 aromatic carbocycles. The normalized spacial score (nSPS) is 23.6. The molecule has 0 saturated heterocycles. The molecule has 1 aliphatic carbocycles. The van der Waals surface area contributed by atoms with Crippen LogP contribution in [0.4, 0.5) is 5.69 Å². The van der Waals surface area contributed by atoms with Crippen molar-refractivity contribution in [3.05, 3.63) is 20.9 Å². The van der Waals surface area contributed by atoms with Gasteiger partial charge in [-0.25, -0.2) is 5.43 Å². The summed E-state index contributed by atoms with van der Waals surface area (Å²) in [6.07, 6.45) is 3.33. The minimum absolute atomic E-state index is 0.0249. The van der Waals surface area contributed by atoms with Crippen molar-refractivity contribution in [3.63, 3.8) is 0 Å². The van der Waals surface area contributed by atoms with Gasteiger partial charge in [0.15, 0.2) is 0 Å². The highest BCUT2D eigenvalue weighted by Crippen LogP contribution is 2.32. The average molecular weight is 365 g/mol. The van der Waals surface area contributed by atoms with Gasteiger partial charge in [0.05, 0.1) is 5.69 Å². The third-order valence-electron chi connectivity index (χ3n) is 3.92. The van der Waals surface area contributed by atoms with Gasteiger partial charge >= 0.3 is 5.91 Å². The summed E-state index contributed by atoms with van der Waals surface area (Å²) in [6, 6.07) is 0. The standard InChI is InChI=1S/C14H17Cl3N4O/c1-6-4-3-5-7(2)11(6)20-21-14(22)12-8(15)10(18)9(16)13(17)19-12/h6-7H,3-5H2,1-2H3,(H2,18,19)(H,21,22)/p+1/t6-,7+. The van der Waals surface area contributed by atoms with Crippen LogP contribution in [0.2, 0.25) is 15.2 Å². The number of halogens is 3. The fourth-order valence-corrected chi connectivity index (χ4v) is 3.24. The summed E-state index contributed by atoms with van der Waals surface area (Å²) in [5.74, 6) is 0.192. The number of pyridine rings is 1. The maximum absolute atomic E-state index is 12.2. The Morgan fingerprint density at radius 3 is 2.41 bits per heavy atom. The van der Waals surface area contributed by atoms with Gasteiger partial charge in [0.2, 0.25) is 0 Å². The van der Waals surface area contributed by atoms with Gasteiger partial charge < -0.3 is 5.73 Å². The van der Waals surface area contributed by atoms with E-state index in [9.17, 15) is 4.79 Å². The molecule has 4 N–H and O–H groups in total. The molecule has 1 heterocycles. The van der Waals surface area contributed by atoms with Crippen LogP contribution < -0.4 is 16.1 Å². The second-order valence-corrected chi connectivity index (χ2v) is 6.70. The second kappa shape index (κ2) is 7.02. The van der Waals surface area contributed by atoms with Crippen LogP contribution in [0, 0.1) is 11.8 Å². The van der Waals surface area contributed by atoms with Crippen LogP contribution in [0.1, 0.15) is 43.6 Å². The maximum atomic E-state index is 12.2. The van der Waals surface area contributed by atoms with Crippen LogP contribution in [0.25, 0.3) is 0 Å². The number of nitrogen functional groups attached to an aromatic ring is 1. The molecule has 2 atom stereocenters. The topological polar surface area (TPSA) is 81.6 Å². The van der Waals surface area contributed by atoms with Gasteiger partial charge in [-0.1, -0.05) is 43.5 Å². The third-order valence-corrected chi connectivity index (χ3v) is 5.08. The molecule has 1 aromatic rings. The molecular weight excluding hydrogens is 347 g/mol. The molecule has 5 nitrogen and oxygen atoms in total. The van der Waals surface area contributed by atoms with Gasteiger partial charge in [-0.05, 0) is 36.3 Å². The average Bonchev–Trinajstić information content (AvgIpc) is 2.48. The number of carbonyl (C=O) groups is 1. The number of rotatable bonds is 2. The van der Waals surface area contributed by atoms with Crippen LogP contribution in [0.3, 0.4) is 0 Å². The summed E-state index contributed by atoms with van der Waals surface area (Å²) in [4.78, 5) is 14.9. The number of amides is 1. The number of nitrogens with zero attached hydrogens (tertiary/aromatic N) is 1. The Labute approximate surface area is 144 Å². The van der Waals surface area contributed by atoms with Crippen molar-refractivity contribution in [1.82, 2.24) is 5.43 Å². The lowest BCUT2D eigenvalue weighted by Gasteiger charge is -2.26. The Hall–Kier alpha value is -1.04. The van der Waals surface area contributed by atoms with Crippen LogP contribution in [0.15, 0.2) is 5.10 Å². The number of hydrogen-bond donors (Lipinski definition) is 2. The van der Waals surface area contributed by atoms with Crippen molar-refractivity contribution < 1.29 is 9.78 Å². The highest BCUT2D eigenvalue weighted by Gasteiger charge is 2.27. The van der Waals surface area contributed by atoms with Gasteiger partial charge in [0.1, 0.15) is 10.0 Å². The maximum Gasteiger partial charge on any atom is 0.337 e. The molecular formula is C14H18Cl3N4O+. The molecule has 1 amide bonds. The third kappa shape index (κ3) is 3.47. The van der Waals surface area contributed by atoms with Crippen molar-refractivity contribution in [2.75, 3.05) is 5.73 Å². The van der Waals surface area contributed by atoms with E-state index in [0.717, 1.165) is 18.6 Å². The zero-order valence-corrected chi connectivity index (χ0v) is 14.6. The number of nitrogens with one attached hydrogen (secondary N) is 2. The molecule has 2 rings (SSSR count). The van der Waals surface area contributed by atoms with Crippen LogP contribution in [-0.4, -0.2) is 11.6 Å². The smallest absolute Gasteiger partial charge is 0.337 e. The van der Waals surface area contributed by atoms with Gasteiger partial charge in [0.25, 0.3) is 10.8 Å². The molecule has 0 aliphatic heterocycles. The molecule has 8 heteroatoms. The van der Waals surface area contributed by atoms with E-state index in [1.54, 1.807) is 0 Å². The fourth-order valence-electron chi connectivity index (χ4n) is 2.63. The highest BCUT2D eigenvalue weighted by molar-refractivity contribution is 6.45. The minimum atomic E-state index is -0.507. The van der Waals surface area contributed by atoms with Crippen LogP contribution in [0.5, 0.6) is 0 Å². The number of nitrogens with two attached hydrogens (primary N) is 1. The summed E-state index contributed by atoms with van der Waals surface area (Å²) >= 11 is 17.8. The summed E-state index contributed by atoms with van der Waals surface area (Å²) in [5, 5.41) is 4.43.